The lowest BCUT2D eigenvalue weighted by Gasteiger charge is -2.08. The summed E-state index contributed by atoms with van der Waals surface area (Å²) in [5.74, 6) is -0.0267. The third-order valence-electron chi connectivity index (χ3n) is 1.76. The summed E-state index contributed by atoms with van der Waals surface area (Å²) in [4.78, 5) is 10.7. The normalized spacial score (nSPS) is 9.53. The molecule has 0 bridgehead atoms. The second kappa shape index (κ2) is 4.79. The van der Waals surface area contributed by atoms with Gasteiger partial charge in [0, 0.05) is 25.2 Å². The standard InChI is InChI=1S/C10H11ClN2O2/c1-6(14)15-7-3-4-9(13-2)8(5-7)10(11)12/h3-5,12-13H,1-2H3. The molecule has 15 heavy (non-hydrogen) atoms. The van der Waals surface area contributed by atoms with Gasteiger partial charge in [0.05, 0.1) is 0 Å². The molecular formula is C10H11ClN2O2. The molecule has 0 aliphatic carbocycles. The summed E-state index contributed by atoms with van der Waals surface area (Å²) in [6.45, 7) is 1.32. The van der Waals surface area contributed by atoms with Crippen LogP contribution in [0.5, 0.6) is 5.75 Å². The molecule has 0 saturated carbocycles. The van der Waals surface area contributed by atoms with Crippen molar-refractivity contribution in [3.8, 4) is 5.75 Å². The van der Waals surface area contributed by atoms with Crippen molar-refractivity contribution < 1.29 is 9.53 Å². The van der Waals surface area contributed by atoms with Crippen LogP contribution in [0.4, 0.5) is 5.69 Å². The van der Waals surface area contributed by atoms with Crippen molar-refractivity contribution >= 4 is 28.4 Å². The third-order valence-corrected chi connectivity index (χ3v) is 1.96. The molecule has 0 unspecified atom stereocenters. The molecule has 0 aliphatic heterocycles. The van der Waals surface area contributed by atoms with Crippen LogP contribution in [-0.4, -0.2) is 18.2 Å². The van der Waals surface area contributed by atoms with E-state index in [0.717, 1.165) is 0 Å². The van der Waals surface area contributed by atoms with Crippen LogP contribution in [0.3, 0.4) is 0 Å². The number of carbonyl (C=O) groups excluding carboxylic acids is 1. The van der Waals surface area contributed by atoms with Crippen LogP contribution in [0.25, 0.3) is 0 Å². The minimum absolute atomic E-state index is 0.103. The van der Waals surface area contributed by atoms with Crippen LogP contribution in [0.1, 0.15) is 12.5 Å². The maximum Gasteiger partial charge on any atom is 0.308 e. The van der Waals surface area contributed by atoms with Gasteiger partial charge < -0.3 is 10.1 Å². The van der Waals surface area contributed by atoms with E-state index in [4.69, 9.17) is 21.7 Å². The first kappa shape index (κ1) is 11.5. The highest BCUT2D eigenvalue weighted by Gasteiger charge is 2.07. The monoisotopic (exact) mass is 226 g/mol. The maximum absolute atomic E-state index is 10.7. The third kappa shape index (κ3) is 2.95. The Hall–Kier alpha value is -1.55. The molecule has 0 radical (unpaired) electrons. The van der Waals surface area contributed by atoms with Crippen molar-refractivity contribution in [2.24, 2.45) is 0 Å². The second-order valence-corrected chi connectivity index (χ2v) is 3.24. The van der Waals surface area contributed by atoms with Gasteiger partial charge in [0.1, 0.15) is 10.9 Å². The molecule has 0 heterocycles. The topological polar surface area (TPSA) is 62.2 Å². The van der Waals surface area contributed by atoms with Gasteiger partial charge in [-0.1, -0.05) is 11.6 Å². The van der Waals surface area contributed by atoms with Gasteiger partial charge in [-0.05, 0) is 18.2 Å². The van der Waals surface area contributed by atoms with E-state index in [9.17, 15) is 4.79 Å². The molecule has 0 atom stereocenters. The highest BCUT2D eigenvalue weighted by Crippen LogP contribution is 2.23. The van der Waals surface area contributed by atoms with Crippen molar-refractivity contribution in [2.45, 2.75) is 6.92 Å². The van der Waals surface area contributed by atoms with Crippen LogP contribution in [-0.2, 0) is 4.79 Å². The lowest BCUT2D eigenvalue weighted by Crippen LogP contribution is -2.04. The van der Waals surface area contributed by atoms with Gasteiger partial charge in [0.2, 0.25) is 0 Å². The van der Waals surface area contributed by atoms with Gasteiger partial charge in [-0.25, -0.2) is 0 Å². The summed E-state index contributed by atoms with van der Waals surface area (Å²) in [5, 5.41) is 10.1. The largest absolute Gasteiger partial charge is 0.427 e. The molecule has 5 heteroatoms. The van der Waals surface area contributed by atoms with Crippen LogP contribution in [0, 0.1) is 5.41 Å². The van der Waals surface area contributed by atoms with E-state index in [1.165, 1.54) is 6.92 Å². The molecule has 0 aliphatic rings. The van der Waals surface area contributed by atoms with E-state index in [-0.39, 0.29) is 5.17 Å². The fraction of sp³-hybridized carbons (Fsp3) is 0.200. The Labute approximate surface area is 92.7 Å². The molecule has 0 aromatic heterocycles. The molecule has 1 rings (SSSR count). The van der Waals surface area contributed by atoms with Crippen LogP contribution < -0.4 is 10.1 Å². The number of nitrogens with one attached hydrogen (secondary N) is 2. The second-order valence-electron chi connectivity index (χ2n) is 2.87. The fourth-order valence-corrected chi connectivity index (χ4v) is 1.31. The number of hydrogen-bond acceptors (Lipinski definition) is 4. The molecule has 0 amide bonds. The van der Waals surface area contributed by atoms with Crippen molar-refractivity contribution in [2.75, 3.05) is 12.4 Å². The summed E-state index contributed by atoms with van der Waals surface area (Å²) in [7, 11) is 1.73. The molecular weight excluding hydrogens is 216 g/mol. The zero-order valence-electron chi connectivity index (χ0n) is 8.43. The van der Waals surface area contributed by atoms with Gasteiger partial charge in [0.25, 0.3) is 0 Å². The number of rotatable bonds is 3. The number of esters is 1. The molecule has 1 aromatic carbocycles. The summed E-state index contributed by atoms with van der Waals surface area (Å²) in [6.07, 6.45) is 0. The first-order valence-corrected chi connectivity index (χ1v) is 4.67. The predicted octanol–water partition coefficient (Wildman–Crippen LogP) is 2.22. The zero-order chi connectivity index (χ0) is 11.4. The van der Waals surface area contributed by atoms with Crippen molar-refractivity contribution in [1.82, 2.24) is 0 Å². The maximum atomic E-state index is 10.7. The van der Waals surface area contributed by atoms with Crippen molar-refractivity contribution in [3.05, 3.63) is 23.8 Å². The van der Waals surface area contributed by atoms with E-state index < -0.39 is 5.97 Å². The SMILES string of the molecule is CNc1ccc(OC(C)=O)cc1C(=N)Cl. The zero-order valence-corrected chi connectivity index (χ0v) is 9.18. The summed E-state index contributed by atoms with van der Waals surface area (Å²) >= 11 is 5.60. The van der Waals surface area contributed by atoms with E-state index in [2.05, 4.69) is 5.32 Å². The Balaban J connectivity index is 3.10. The summed E-state index contributed by atoms with van der Waals surface area (Å²) < 4.78 is 4.88. The average molecular weight is 227 g/mol. The quantitative estimate of drug-likeness (QED) is 0.472. The highest BCUT2D eigenvalue weighted by atomic mass is 35.5. The van der Waals surface area contributed by atoms with Gasteiger partial charge in [-0.3, -0.25) is 10.2 Å². The van der Waals surface area contributed by atoms with E-state index in [1.54, 1.807) is 25.2 Å². The number of benzene rings is 1. The van der Waals surface area contributed by atoms with Crippen molar-refractivity contribution in [1.29, 1.82) is 5.41 Å². The minimum Gasteiger partial charge on any atom is -0.427 e. The van der Waals surface area contributed by atoms with E-state index in [1.807, 2.05) is 0 Å². The van der Waals surface area contributed by atoms with E-state index in [0.29, 0.717) is 17.0 Å². The fourth-order valence-electron chi connectivity index (χ4n) is 1.15. The first-order valence-electron chi connectivity index (χ1n) is 4.29. The smallest absolute Gasteiger partial charge is 0.308 e. The number of ether oxygens (including phenoxy) is 1. The lowest BCUT2D eigenvalue weighted by molar-refractivity contribution is -0.131. The number of anilines is 1. The highest BCUT2D eigenvalue weighted by molar-refractivity contribution is 6.69. The average Bonchev–Trinajstić information content (AvgIpc) is 2.16. The molecule has 80 valence electrons. The van der Waals surface area contributed by atoms with Crippen LogP contribution >= 0.6 is 11.6 Å². The Morgan fingerprint density at radius 2 is 2.20 bits per heavy atom. The number of hydrogen-bond donors (Lipinski definition) is 2. The van der Waals surface area contributed by atoms with Gasteiger partial charge in [0.15, 0.2) is 0 Å². The molecule has 0 fully saturated rings. The van der Waals surface area contributed by atoms with Crippen molar-refractivity contribution in [3.63, 3.8) is 0 Å². The summed E-state index contributed by atoms with van der Waals surface area (Å²) in [5.41, 5.74) is 1.21. The van der Waals surface area contributed by atoms with Crippen LogP contribution in [0.15, 0.2) is 18.2 Å². The number of halogens is 1. The Morgan fingerprint density at radius 1 is 1.53 bits per heavy atom. The predicted molar refractivity (Wildman–Crippen MR) is 60.0 cm³/mol. The van der Waals surface area contributed by atoms with Gasteiger partial charge in [-0.2, -0.15) is 0 Å². The van der Waals surface area contributed by atoms with Gasteiger partial charge >= 0.3 is 5.97 Å². The molecule has 4 nitrogen and oxygen atoms in total. The van der Waals surface area contributed by atoms with Gasteiger partial charge in [-0.15, -0.1) is 0 Å². The molecule has 1 aromatic rings. The summed E-state index contributed by atoms with van der Waals surface area (Å²) in [6, 6.07) is 4.88. The minimum atomic E-state index is -0.403. The molecule has 2 N–H and O–H groups in total. The lowest BCUT2D eigenvalue weighted by atomic mass is 10.2. The Morgan fingerprint density at radius 3 is 2.67 bits per heavy atom. The number of carbonyl (C=O) groups is 1. The molecule has 0 saturated heterocycles. The van der Waals surface area contributed by atoms with Crippen LogP contribution in [0.2, 0.25) is 0 Å². The Kier molecular flexibility index (Phi) is 3.68. The Bertz CT molecular complexity index is 404. The van der Waals surface area contributed by atoms with E-state index >= 15 is 0 Å². The first-order chi connectivity index (χ1) is 7.04. The molecule has 0 spiro atoms.